The van der Waals surface area contributed by atoms with E-state index in [0.29, 0.717) is 92.2 Å². The van der Waals surface area contributed by atoms with Gasteiger partial charge in [-0.3, -0.25) is 24.2 Å². The molecule has 4 spiro atoms. The number of halogens is 8. The number of anilines is 8. The summed E-state index contributed by atoms with van der Waals surface area (Å²) >= 11 is 0. The number of carbonyl (C=O) groups excluding carboxylic acids is 4. The summed E-state index contributed by atoms with van der Waals surface area (Å²) in [5.74, 6) is -5.65. The molecule has 4 aromatic carbocycles. The Balaban J connectivity index is 0.000000125. The molecule has 0 saturated heterocycles. The van der Waals surface area contributed by atoms with E-state index in [-0.39, 0.29) is 80.8 Å². The number of rotatable bonds is 12. The number of aliphatic imine (C=N–C) groups is 1. The topological polar surface area (TPSA) is 557 Å². The molecule has 0 bridgehead atoms. The first-order valence-electron chi connectivity index (χ1n) is 42.3. The van der Waals surface area contributed by atoms with E-state index in [0.717, 1.165) is 135 Å². The maximum absolute atomic E-state index is 14.8. The number of fused-ring (bicyclic) bond motifs is 16. The van der Waals surface area contributed by atoms with Crippen molar-refractivity contribution in [1.82, 2.24) is 74.0 Å². The molecule has 3 amide bonds. The molecule has 12 aromatic rings. The van der Waals surface area contributed by atoms with E-state index in [1.807, 2.05) is 28.2 Å². The number of hydrogen-bond donors (Lipinski definition) is 10. The lowest BCUT2D eigenvalue weighted by molar-refractivity contribution is -0.141. The average molecular weight is 1940 g/mol. The van der Waals surface area contributed by atoms with E-state index < -0.39 is 141 Å². The van der Waals surface area contributed by atoms with Crippen LogP contribution in [0.25, 0.3) is 44.1 Å². The highest BCUT2D eigenvalue weighted by Gasteiger charge is 2.52. The maximum Gasteiger partial charge on any atom is 0.435 e. The van der Waals surface area contributed by atoms with Gasteiger partial charge in [0.1, 0.15) is 99.8 Å². The fourth-order valence-electron chi connectivity index (χ4n) is 18.9. The first-order valence-corrected chi connectivity index (χ1v) is 48.5. The Morgan fingerprint density at radius 3 is 1.08 bits per heavy atom. The molecule has 4 saturated carbocycles. The number of primary sulfonamides is 4. The highest BCUT2D eigenvalue weighted by atomic mass is 32.2. The first-order chi connectivity index (χ1) is 64.0. The number of aromatic nitrogens is 12. The minimum absolute atomic E-state index is 0.0547. The van der Waals surface area contributed by atoms with Gasteiger partial charge in [0, 0.05) is 76.1 Å². The number of nitrogens with zero attached hydrogens (tertiary/aromatic N) is 17. The Morgan fingerprint density at radius 2 is 0.719 bits per heavy atom. The van der Waals surface area contributed by atoms with Crippen molar-refractivity contribution in [2.75, 3.05) is 34.9 Å². The van der Waals surface area contributed by atoms with Crippen LogP contribution in [0.4, 0.5) is 81.7 Å². The van der Waals surface area contributed by atoms with Gasteiger partial charge in [0.2, 0.25) is 63.9 Å². The van der Waals surface area contributed by atoms with E-state index in [1.165, 1.54) is 58.4 Å². The molecule has 14 N–H and O–H groups in total. The molecule has 0 radical (unpaired) electrons. The minimum atomic E-state index is -4.79. The number of likely N-dealkylation sites (N-methyl/N-ethyl adjacent to an activating group) is 1. The number of alkyl halides is 3. The lowest BCUT2D eigenvalue weighted by atomic mass is 9.78. The molecule has 135 heavy (non-hydrogen) atoms. The van der Waals surface area contributed by atoms with Crippen LogP contribution < -0.4 is 52.7 Å². The highest BCUT2D eigenvalue weighted by molar-refractivity contribution is 7.90. The van der Waals surface area contributed by atoms with Gasteiger partial charge in [-0.25, -0.2) is 108 Å². The molecular weight excluding hydrogens is 1860 g/mol. The zero-order chi connectivity index (χ0) is 96.0. The van der Waals surface area contributed by atoms with Crippen LogP contribution in [0.2, 0.25) is 0 Å². The average Bonchev–Trinajstić information content (AvgIpc) is 1.60. The fraction of sp³-hybridized carbons (Fsp3) is 0.333. The Hall–Kier alpha value is -13.6. The van der Waals surface area contributed by atoms with Crippen molar-refractivity contribution in [3.05, 3.63) is 168 Å². The number of hydrazone groups is 3. The van der Waals surface area contributed by atoms with Gasteiger partial charge in [-0.1, -0.05) is 77.0 Å². The van der Waals surface area contributed by atoms with Crippen molar-refractivity contribution in [3.63, 3.8) is 0 Å². The molecule has 20 rings (SSSR count). The van der Waals surface area contributed by atoms with Crippen molar-refractivity contribution in [1.29, 1.82) is 0 Å². The molecule has 4 fully saturated rings. The molecule has 12 heterocycles. The second-order valence-electron chi connectivity index (χ2n) is 33.7. The van der Waals surface area contributed by atoms with Crippen LogP contribution in [0.1, 0.15) is 158 Å². The van der Waals surface area contributed by atoms with Gasteiger partial charge in [-0.2, -0.15) is 47.7 Å². The molecule has 51 heteroatoms. The number of nitrogens with one attached hydrogen (secondary N) is 6. The maximum atomic E-state index is 14.8. The molecule has 4 aliphatic heterocycles. The van der Waals surface area contributed by atoms with Crippen LogP contribution in [0.15, 0.2) is 162 Å². The molecule has 4 aliphatic carbocycles. The lowest BCUT2D eigenvalue weighted by Gasteiger charge is -2.38. The Bertz CT molecular complexity index is 7330. The Labute approximate surface area is 762 Å². The number of sulfonamides is 4. The predicted octanol–water partition coefficient (Wildman–Crippen LogP) is 10.8. The third-order valence-corrected chi connectivity index (χ3v) is 28.9. The summed E-state index contributed by atoms with van der Waals surface area (Å²) in [5, 5.41) is 47.1. The second-order valence-corrected chi connectivity index (χ2v) is 39.8. The smallest absolute Gasteiger partial charge is 0.324 e. The van der Waals surface area contributed by atoms with E-state index in [4.69, 9.17) is 20.6 Å². The van der Waals surface area contributed by atoms with Gasteiger partial charge in [0.15, 0.2) is 11.5 Å². The second kappa shape index (κ2) is 35.3. The van der Waals surface area contributed by atoms with Gasteiger partial charge < -0.3 is 39.5 Å². The van der Waals surface area contributed by atoms with Crippen molar-refractivity contribution in [2.45, 2.75) is 183 Å². The molecule has 8 aromatic heterocycles. The number of ketones is 1. The van der Waals surface area contributed by atoms with Crippen LogP contribution in [-0.2, 0) is 81.4 Å². The molecular formula is C84H83F8N27O12S4. The first kappa shape index (κ1) is 93.2. The van der Waals surface area contributed by atoms with E-state index in [9.17, 15) is 88.0 Å². The van der Waals surface area contributed by atoms with Crippen LogP contribution >= 0.6 is 0 Å². The number of amides is 3. The van der Waals surface area contributed by atoms with Gasteiger partial charge in [0.25, 0.3) is 23.7 Å². The lowest BCUT2D eigenvalue weighted by Crippen LogP contribution is -2.48. The van der Waals surface area contributed by atoms with Crippen molar-refractivity contribution in [3.8, 4) is 0 Å². The number of Topliss-reactive ketones (excluding diaryl/α,β-unsaturated/α-hetero) is 1. The van der Waals surface area contributed by atoms with E-state index >= 15 is 0 Å². The number of carbonyl (C=O) groups is 4. The number of hydrogen-bond acceptors (Lipinski definition) is 28. The van der Waals surface area contributed by atoms with Gasteiger partial charge in [-0.05, 0) is 155 Å². The largest absolute Gasteiger partial charge is 0.435 e. The van der Waals surface area contributed by atoms with Crippen LogP contribution in [0.3, 0.4) is 0 Å². The van der Waals surface area contributed by atoms with Gasteiger partial charge in [0.05, 0.1) is 29.0 Å². The quantitative estimate of drug-likeness (QED) is 0.0508. The molecule has 0 atom stereocenters. The third-order valence-electron chi connectivity index (χ3n) is 25.1. The summed E-state index contributed by atoms with van der Waals surface area (Å²) in [6, 6.07) is 20.0. The third kappa shape index (κ3) is 17.7. The van der Waals surface area contributed by atoms with Crippen LogP contribution in [0, 0.1) is 23.3 Å². The Kier molecular flexibility index (Phi) is 24.4. The number of nitrogens with two attached hydrogens (primary N) is 4. The summed E-state index contributed by atoms with van der Waals surface area (Å²) in [5.41, 5.74) is 4.48. The highest BCUT2D eigenvalue weighted by Crippen LogP contribution is 2.47. The monoisotopic (exact) mass is 1940 g/mol. The molecule has 706 valence electrons. The zero-order valence-corrected chi connectivity index (χ0v) is 74.7. The van der Waals surface area contributed by atoms with E-state index in [1.54, 1.807) is 30.2 Å². The van der Waals surface area contributed by atoms with Gasteiger partial charge >= 0.3 is 6.18 Å². The molecule has 8 aliphatic rings. The number of benzene rings is 4. The minimum Gasteiger partial charge on any atom is -0.324 e. The normalized spacial score (nSPS) is 18.0. The molecule has 39 nitrogen and oxygen atoms in total. The Morgan fingerprint density at radius 1 is 0.400 bits per heavy atom. The SMILES string of the molecule is CC1=NNC(=O)C2(CCCCC2)n2c1cc1cnc(Nc3ccc(S(N)(=O)=O)c(F)c3)nc12.CN1N=Cc2cc3cnc(Nc4ccc(S(N)(=O)=O)c(F)c4)nc3n2C2(CCCCC2)C1=O.NS(=O)(=O)c1ccc(Nc2ncc3cc4n(c3n2)C2(CCCCC2)C(=O)CN=C4C(F)(F)F)cc1F.NS(=O)(=O)c1ccc(Nc2ncc3cc4n(c3n2)C2(CCCCC2)C(=O)NN=C4F)cc1F. The van der Waals surface area contributed by atoms with E-state index in [2.05, 4.69) is 92.3 Å². The summed E-state index contributed by atoms with van der Waals surface area (Å²) in [6.07, 6.45) is 17.9. The summed E-state index contributed by atoms with van der Waals surface area (Å²) < 4.78 is 212. The fourth-order valence-corrected chi connectivity index (χ4v) is 21.2. The van der Waals surface area contributed by atoms with Crippen molar-refractivity contribution >= 4 is 178 Å². The van der Waals surface area contributed by atoms with Crippen molar-refractivity contribution in [2.24, 2.45) is 40.9 Å². The predicted molar refractivity (Wildman–Crippen MR) is 478 cm³/mol. The van der Waals surface area contributed by atoms with Crippen LogP contribution in [-0.4, -0.2) is 164 Å². The standard InChI is InChI=1S/C22H20F4N6O3S.2C21H22FN7O3S.C20H19F2N7O3S/c23-14-9-13(4-5-16(14)36(27,34)35)30-20-29-10-12-8-15-18(22(24,25)26)28-11-17(33)21(6-2-1-3-7-21)32(15)19(12)31-20;1-28-19(30)21(7-3-2-4-8-21)29-15(12-25-28)9-13-11-24-20(27-18(13)29)26-14-5-6-17(16(22)10-14)33(23,31)32;1-12-16-9-13-11-24-20(25-14-5-6-17(15(22)10-14)33(23,31)32)26-18(13)29(16)21(19(30)28-27-12)7-3-2-4-8-21;21-13-9-12(4-5-15(13)33(23,31)32)25-19-24-10-11-8-14-16(22)27-28-18(30)20(6-2-1-3-7-20)29(14)17(11)26-19/h4-5,8-10H,1-3,6-7,11H2,(H2,27,34,35)(H,29,30,31);5-6,9-12H,2-4,7-8H2,1H3,(H2,23,31,32)(H,24,26,27);5-6,9-11H,2-4,7-8H2,1H3,(H,28,30)(H2,23,31,32)(H,24,25,26);4-5,8-10H,1-3,6-7H2,(H,28,30)(H2,23,31,32)(H,24,25,26). The summed E-state index contributed by atoms with van der Waals surface area (Å²) in [6.45, 7) is 1.25. The molecule has 0 unspecified atom stereocenters. The van der Waals surface area contributed by atoms with Gasteiger partial charge in [-0.15, -0.1) is 5.10 Å². The van der Waals surface area contributed by atoms with Crippen LogP contribution in [0.5, 0.6) is 0 Å². The zero-order valence-electron chi connectivity index (χ0n) is 71.4. The summed E-state index contributed by atoms with van der Waals surface area (Å²) in [4.78, 5) is 89.0. The summed E-state index contributed by atoms with van der Waals surface area (Å²) in [7, 11) is -15.2. The van der Waals surface area contributed by atoms with Crippen molar-refractivity contribution < 1.29 is 88.0 Å².